The summed E-state index contributed by atoms with van der Waals surface area (Å²) in [6.45, 7) is 0. The third kappa shape index (κ3) is 3.93. The van der Waals surface area contributed by atoms with Crippen LogP contribution in [-0.2, 0) is 12.8 Å². The summed E-state index contributed by atoms with van der Waals surface area (Å²) >= 11 is 11.8. The van der Waals surface area contributed by atoms with Gasteiger partial charge in [0.1, 0.15) is 5.82 Å². The average Bonchev–Trinajstić information content (AvgIpc) is 2.37. The zero-order valence-corrected chi connectivity index (χ0v) is 11.8. The van der Waals surface area contributed by atoms with Crippen LogP contribution in [0.1, 0.15) is 11.1 Å². The summed E-state index contributed by atoms with van der Waals surface area (Å²) in [6, 6.07) is 11.9. The Morgan fingerprint density at radius 2 is 1.74 bits per heavy atom. The Balaban J connectivity index is 2.03. The predicted octanol–water partition coefficient (Wildman–Crippen LogP) is 4.25. The van der Waals surface area contributed by atoms with Crippen LogP contribution < -0.4 is 5.73 Å². The highest BCUT2D eigenvalue weighted by atomic mass is 35.5. The lowest BCUT2D eigenvalue weighted by molar-refractivity contribution is 0.584. The SMILES string of the molecule is NC(Cc1ccc(Cl)c(Cl)c1)Cc1ccccc1F. The maximum Gasteiger partial charge on any atom is 0.126 e. The van der Waals surface area contributed by atoms with Gasteiger partial charge in [-0.15, -0.1) is 0 Å². The molecule has 0 heterocycles. The van der Waals surface area contributed by atoms with Crippen LogP contribution in [0.2, 0.25) is 10.0 Å². The first-order chi connectivity index (χ1) is 9.06. The third-order valence-corrected chi connectivity index (χ3v) is 3.66. The molecule has 2 aromatic rings. The van der Waals surface area contributed by atoms with E-state index in [1.165, 1.54) is 6.07 Å². The molecule has 0 aliphatic carbocycles. The van der Waals surface area contributed by atoms with Crippen LogP contribution in [0.4, 0.5) is 4.39 Å². The molecule has 0 saturated heterocycles. The number of rotatable bonds is 4. The fourth-order valence-corrected chi connectivity index (χ4v) is 2.31. The van der Waals surface area contributed by atoms with Gasteiger partial charge < -0.3 is 5.73 Å². The van der Waals surface area contributed by atoms with E-state index in [9.17, 15) is 4.39 Å². The zero-order chi connectivity index (χ0) is 13.8. The van der Waals surface area contributed by atoms with Gasteiger partial charge in [0.2, 0.25) is 0 Å². The van der Waals surface area contributed by atoms with E-state index < -0.39 is 0 Å². The summed E-state index contributed by atoms with van der Waals surface area (Å²) in [7, 11) is 0. The van der Waals surface area contributed by atoms with Gasteiger partial charge >= 0.3 is 0 Å². The van der Waals surface area contributed by atoms with E-state index in [0.29, 0.717) is 28.5 Å². The van der Waals surface area contributed by atoms with Crippen molar-refractivity contribution < 1.29 is 4.39 Å². The van der Waals surface area contributed by atoms with Crippen LogP contribution in [-0.4, -0.2) is 6.04 Å². The molecule has 1 nitrogen and oxygen atoms in total. The van der Waals surface area contributed by atoms with Crippen molar-refractivity contribution in [2.45, 2.75) is 18.9 Å². The van der Waals surface area contributed by atoms with E-state index in [1.807, 2.05) is 12.1 Å². The van der Waals surface area contributed by atoms with E-state index >= 15 is 0 Å². The molecule has 2 rings (SSSR count). The van der Waals surface area contributed by atoms with Gasteiger partial charge in [-0.05, 0) is 42.2 Å². The second-order valence-corrected chi connectivity index (χ2v) is 5.32. The van der Waals surface area contributed by atoms with Crippen molar-refractivity contribution in [1.82, 2.24) is 0 Å². The Bertz CT molecular complexity index is 572. The molecule has 1 unspecified atom stereocenters. The van der Waals surface area contributed by atoms with Crippen molar-refractivity contribution >= 4 is 23.2 Å². The molecule has 0 bridgehead atoms. The first kappa shape index (κ1) is 14.3. The summed E-state index contributed by atoms with van der Waals surface area (Å²) in [5.74, 6) is -0.216. The van der Waals surface area contributed by atoms with E-state index in [1.54, 1.807) is 24.3 Å². The Kier molecular flexibility index (Phi) is 4.81. The Morgan fingerprint density at radius 1 is 1.00 bits per heavy atom. The van der Waals surface area contributed by atoms with Gasteiger partial charge in [-0.3, -0.25) is 0 Å². The Morgan fingerprint density at radius 3 is 2.42 bits per heavy atom. The fourth-order valence-electron chi connectivity index (χ4n) is 1.99. The van der Waals surface area contributed by atoms with E-state index in [0.717, 1.165) is 5.56 Å². The van der Waals surface area contributed by atoms with Gasteiger partial charge in [-0.1, -0.05) is 47.5 Å². The van der Waals surface area contributed by atoms with E-state index in [4.69, 9.17) is 28.9 Å². The summed E-state index contributed by atoms with van der Waals surface area (Å²) < 4.78 is 13.5. The number of nitrogens with two attached hydrogens (primary N) is 1. The van der Waals surface area contributed by atoms with Gasteiger partial charge in [0.15, 0.2) is 0 Å². The van der Waals surface area contributed by atoms with Crippen molar-refractivity contribution in [2.24, 2.45) is 5.73 Å². The maximum absolute atomic E-state index is 13.5. The van der Waals surface area contributed by atoms with Crippen molar-refractivity contribution in [2.75, 3.05) is 0 Å². The maximum atomic E-state index is 13.5. The molecular weight excluding hydrogens is 284 g/mol. The van der Waals surface area contributed by atoms with Crippen molar-refractivity contribution in [1.29, 1.82) is 0 Å². The van der Waals surface area contributed by atoms with E-state index in [-0.39, 0.29) is 11.9 Å². The molecule has 0 radical (unpaired) electrons. The van der Waals surface area contributed by atoms with Crippen LogP contribution >= 0.6 is 23.2 Å². The minimum Gasteiger partial charge on any atom is -0.327 e. The van der Waals surface area contributed by atoms with Crippen molar-refractivity contribution in [3.05, 3.63) is 69.5 Å². The van der Waals surface area contributed by atoms with Crippen LogP contribution in [0.5, 0.6) is 0 Å². The molecule has 0 aliphatic heterocycles. The number of benzene rings is 2. The molecule has 0 aliphatic rings. The molecule has 0 spiro atoms. The summed E-state index contributed by atoms with van der Waals surface area (Å²) in [5.41, 5.74) is 7.68. The summed E-state index contributed by atoms with van der Waals surface area (Å²) in [5, 5.41) is 1.03. The smallest absolute Gasteiger partial charge is 0.126 e. The molecule has 19 heavy (non-hydrogen) atoms. The van der Waals surface area contributed by atoms with Crippen molar-refractivity contribution in [3.63, 3.8) is 0 Å². The number of hydrogen-bond donors (Lipinski definition) is 1. The van der Waals surface area contributed by atoms with Crippen LogP contribution in [0.3, 0.4) is 0 Å². The molecule has 2 N–H and O–H groups in total. The molecule has 0 saturated carbocycles. The molecule has 0 amide bonds. The second kappa shape index (κ2) is 6.38. The molecule has 0 fully saturated rings. The van der Waals surface area contributed by atoms with Gasteiger partial charge in [0.05, 0.1) is 10.0 Å². The number of halogens is 3. The average molecular weight is 298 g/mol. The highest BCUT2D eigenvalue weighted by Crippen LogP contribution is 2.23. The van der Waals surface area contributed by atoms with Gasteiger partial charge in [-0.25, -0.2) is 4.39 Å². The summed E-state index contributed by atoms with van der Waals surface area (Å²) in [6.07, 6.45) is 1.12. The van der Waals surface area contributed by atoms with Gasteiger partial charge in [-0.2, -0.15) is 0 Å². The van der Waals surface area contributed by atoms with Crippen molar-refractivity contribution in [3.8, 4) is 0 Å². The minimum absolute atomic E-state index is 0.158. The quantitative estimate of drug-likeness (QED) is 0.897. The molecule has 2 aromatic carbocycles. The predicted molar refractivity (Wildman–Crippen MR) is 78.2 cm³/mol. The Labute approximate surface area is 122 Å². The molecular formula is C15H14Cl2FN. The first-order valence-electron chi connectivity index (χ1n) is 5.99. The van der Waals surface area contributed by atoms with Crippen LogP contribution in [0.15, 0.2) is 42.5 Å². The van der Waals surface area contributed by atoms with Gasteiger partial charge in [0, 0.05) is 6.04 Å². The molecule has 100 valence electrons. The van der Waals surface area contributed by atoms with Gasteiger partial charge in [0.25, 0.3) is 0 Å². The largest absolute Gasteiger partial charge is 0.327 e. The highest BCUT2D eigenvalue weighted by molar-refractivity contribution is 6.42. The molecule has 1 atom stereocenters. The lowest BCUT2D eigenvalue weighted by Crippen LogP contribution is -2.26. The standard InChI is InChI=1S/C15H14Cl2FN/c16-13-6-5-10(8-14(13)17)7-12(19)9-11-3-1-2-4-15(11)18/h1-6,8,12H,7,9,19H2. The molecule has 4 heteroatoms. The lowest BCUT2D eigenvalue weighted by Gasteiger charge is -2.13. The Hall–Kier alpha value is -1.09. The number of hydrogen-bond acceptors (Lipinski definition) is 1. The third-order valence-electron chi connectivity index (χ3n) is 2.92. The fraction of sp³-hybridized carbons (Fsp3) is 0.200. The normalized spacial score (nSPS) is 12.4. The lowest BCUT2D eigenvalue weighted by atomic mass is 9.99. The van der Waals surface area contributed by atoms with E-state index in [2.05, 4.69) is 0 Å². The zero-order valence-electron chi connectivity index (χ0n) is 10.2. The van der Waals surface area contributed by atoms with Crippen LogP contribution in [0, 0.1) is 5.82 Å². The molecule has 0 aromatic heterocycles. The highest BCUT2D eigenvalue weighted by Gasteiger charge is 2.09. The summed E-state index contributed by atoms with van der Waals surface area (Å²) in [4.78, 5) is 0. The second-order valence-electron chi connectivity index (χ2n) is 4.51. The minimum atomic E-state index is -0.216. The first-order valence-corrected chi connectivity index (χ1v) is 6.75. The monoisotopic (exact) mass is 297 g/mol. The topological polar surface area (TPSA) is 26.0 Å². The van der Waals surface area contributed by atoms with Crippen LogP contribution in [0.25, 0.3) is 0 Å².